The number of hydrogen-bond donors (Lipinski definition) is 0. The highest BCUT2D eigenvalue weighted by Gasteiger charge is 2.17. The third kappa shape index (κ3) is 5.14. The third-order valence-corrected chi connectivity index (χ3v) is 5.13. The molecule has 2 aromatic carbocycles. The molecule has 1 heterocycles. The molecule has 3 aromatic rings. The lowest BCUT2D eigenvalue weighted by atomic mass is 10.1. The summed E-state index contributed by atoms with van der Waals surface area (Å²) in [7, 11) is 0. The van der Waals surface area contributed by atoms with Gasteiger partial charge in [-0.2, -0.15) is 5.10 Å². The summed E-state index contributed by atoms with van der Waals surface area (Å²) in [4.78, 5) is 12.7. The minimum absolute atomic E-state index is 0.362. The van der Waals surface area contributed by atoms with Crippen LogP contribution in [0.1, 0.15) is 65.9 Å². The van der Waals surface area contributed by atoms with Crippen molar-refractivity contribution in [2.45, 2.75) is 59.8 Å². The van der Waals surface area contributed by atoms with E-state index >= 15 is 0 Å². The Morgan fingerprint density at radius 1 is 1.00 bits per heavy atom. The number of ether oxygens (including phenoxy) is 1. The minimum atomic E-state index is -0.362. The van der Waals surface area contributed by atoms with Gasteiger partial charge in [0.2, 0.25) is 5.88 Å². The average Bonchev–Trinajstić information content (AvgIpc) is 3.11. The van der Waals surface area contributed by atoms with Gasteiger partial charge >= 0.3 is 5.97 Å². The summed E-state index contributed by atoms with van der Waals surface area (Å²) in [5.74, 6) is 0.0875. The predicted molar refractivity (Wildman–Crippen MR) is 117 cm³/mol. The van der Waals surface area contributed by atoms with Crippen molar-refractivity contribution in [1.29, 1.82) is 0 Å². The molecule has 4 heteroatoms. The number of aromatic nitrogens is 2. The van der Waals surface area contributed by atoms with E-state index < -0.39 is 0 Å². The zero-order valence-electron chi connectivity index (χ0n) is 17.9. The number of aryl methyl sites for hydroxylation is 4. The van der Waals surface area contributed by atoms with E-state index in [1.165, 1.54) is 30.4 Å². The van der Waals surface area contributed by atoms with Crippen molar-refractivity contribution in [3.63, 3.8) is 0 Å². The Labute approximate surface area is 173 Å². The predicted octanol–water partition coefficient (Wildman–Crippen LogP) is 6.00. The van der Waals surface area contributed by atoms with Crippen LogP contribution in [0.3, 0.4) is 0 Å². The van der Waals surface area contributed by atoms with Crippen LogP contribution in [0.4, 0.5) is 0 Å². The Balaban J connectivity index is 1.80. The molecule has 0 aliphatic rings. The van der Waals surface area contributed by atoms with Crippen molar-refractivity contribution >= 4 is 5.97 Å². The van der Waals surface area contributed by atoms with Gasteiger partial charge in [0.1, 0.15) is 0 Å². The first-order valence-corrected chi connectivity index (χ1v) is 10.5. The number of benzene rings is 2. The molecule has 152 valence electrons. The maximum absolute atomic E-state index is 12.7. The average molecular weight is 391 g/mol. The van der Waals surface area contributed by atoms with Crippen LogP contribution in [0, 0.1) is 13.8 Å². The highest BCUT2D eigenvalue weighted by molar-refractivity contribution is 5.91. The van der Waals surface area contributed by atoms with Gasteiger partial charge in [-0.1, -0.05) is 56.5 Å². The molecule has 0 spiro atoms. The van der Waals surface area contributed by atoms with E-state index in [0.29, 0.717) is 11.4 Å². The summed E-state index contributed by atoms with van der Waals surface area (Å²) >= 11 is 0. The van der Waals surface area contributed by atoms with Crippen LogP contribution in [0.5, 0.6) is 5.88 Å². The molecule has 0 saturated heterocycles. The third-order valence-electron chi connectivity index (χ3n) is 5.13. The molecule has 0 fully saturated rings. The smallest absolute Gasteiger partial charge is 0.344 e. The van der Waals surface area contributed by atoms with Crippen molar-refractivity contribution in [3.05, 3.63) is 76.5 Å². The number of rotatable bonds is 8. The lowest BCUT2D eigenvalue weighted by Gasteiger charge is -2.11. The molecule has 0 unspecified atom stereocenters. The summed E-state index contributed by atoms with van der Waals surface area (Å²) in [6.07, 6.45) is 5.43. The number of nitrogens with zero attached hydrogens (tertiary/aromatic N) is 2. The van der Waals surface area contributed by atoms with Crippen LogP contribution in [-0.4, -0.2) is 15.7 Å². The lowest BCUT2D eigenvalue weighted by molar-refractivity contribution is 0.0723. The Morgan fingerprint density at radius 3 is 2.41 bits per heavy atom. The number of esters is 1. The number of unbranched alkanes of at least 4 members (excludes halogenated alkanes) is 2. The zero-order chi connectivity index (χ0) is 20.8. The highest BCUT2D eigenvalue weighted by Crippen LogP contribution is 2.24. The Morgan fingerprint density at radius 2 is 1.76 bits per heavy atom. The van der Waals surface area contributed by atoms with Gasteiger partial charge in [0.15, 0.2) is 0 Å². The Bertz CT molecular complexity index is 971. The van der Waals surface area contributed by atoms with Crippen LogP contribution in [-0.2, 0) is 12.8 Å². The standard InChI is InChI=1S/C25H30N2O2/c1-5-7-8-9-20-11-13-21(14-12-20)25(28)29-24-17-22(6-2)26-27(24)23-15-10-18(3)16-19(23)4/h10-17H,5-9H2,1-4H3. The topological polar surface area (TPSA) is 44.1 Å². The van der Waals surface area contributed by atoms with Crippen LogP contribution in [0.2, 0.25) is 0 Å². The second-order valence-electron chi connectivity index (χ2n) is 7.57. The maximum atomic E-state index is 12.7. The molecule has 0 bridgehead atoms. The molecule has 0 atom stereocenters. The van der Waals surface area contributed by atoms with Crippen molar-refractivity contribution < 1.29 is 9.53 Å². The van der Waals surface area contributed by atoms with E-state index in [9.17, 15) is 4.79 Å². The van der Waals surface area contributed by atoms with Crippen LogP contribution < -0.4 is 4.74 Å². The summed E-state index contributed by atoms with van der Waals surface area (Å²) < 4.78 is 7.48. The van der Waals surface area contributed by atoms with Gasteiger partial charge in [-0.25, -0.2) is 9.48 Å². The van der Waals surface area contributed by atoms with E-state index in [1.54, 1.807) is 4.68 Å². The van der Waals surface area contributed by atoms with Gasteiger partial charge in [0.05, 0.1) is 16.9 Å². The monoisotopic (exact) mass is 390 g/mol. The molecule has 0 aliphatic carbocycles. The molecule has 0 N–H and O–H groups in total. The van der Waals surface area contributed by atoms with Crippen molar-refractivity contribution in [3.8, 4) is 11.6 Å². The lowest BCUT2D eigenvalue weighted by Crippen LogP contribution is -2.12. The first kappa shape index (κ1) is 20.8. The van der Waals surface area contributed by atoms with Gasteiger partial charge in [-0.15, -0.1) is 0 Å². The fourth-order valence-corrected chi connectivity index (χ4v) is 3.41. The molecule has 0 saturated carbocycles. The van der Waals surface area contributed by atoms with Gasteiger partial charge in [0, 0.05) is 6.07 Å². The molecular weight excluding hydrogens is 360 g/mol. The summed E-state index contributed by atoms with van der Waals surface area (Å²) in [6.45, 7) is 8.34. The van der Waals surface area contributed by atoms with Crippen molar-refractivity contribution in [2.75, 3.05) is 0 Å². The second kappa shape index (κ2) is 9.55. The molecular formula is C25H30N2O2. The Hall–Kier alpha value is -2.88. The van der Waals surface area contributed by atoms with Crippen LogP contribution in [0.25, 0.3) is 5.69 Å². The van der Waals surface area contributed by atoms with Crippen LogP contribution in [0.15, 0.2) is 48.5 Å². The first-order valence-electron chi connectivity index (χ1n) is 10.5. The van der Waals surface area contributed by atoms with Gasteiger partial charge < -0.3 is 4.74 Å². The molecule has 3 rings (SSSR count). The van der Waals surface area contributed by atoms with Gasteiger partial charge in [0.25, 0.3) is 0 Å². The Kier molecular flexibility index (Phi) is 6.86. The van der Waals surface area contributed by atoms with Crippen molar-refractivity contribution in [1.82, 2.24) is 9.78 Å². The fraction of sp³-hybridized carbons (Fsp3) is 0.360. The SMILES string of the molecule is CCCCCc1ccc(C(=O)Oc2cc(CC)nn2-c2ccc(C)cc2C)cc1. The highest BCUT2D eigenvalue weighted by atomic mass is 16.5. The first-order chi connectivity index (χ1) is 14.0. The number of carbonyl (C=O) groups is 1. The van der Waals surface area contributed by atoms with Crippen LogP contribution >= 0.6 is 0 Å². The van der Waals surface area contributed by atoms with Gasteiger partial charge in [-0.05, 0) is 62.4 Å². The zero-order valence-corrected chi connectivity index (χ0v) is 17.9. The van der Waals surface area contributed by atoms with E-state index in [0.717, 1.165) is 29.8 Å². The normalized spacial score (nSPS) is 10.9. The summed E-state index contributed by atoms with van der Waals surface area (Å²) in [6, 6.07) is 15.7. The number of carbonyl (C=O) groups excluding carboxylic acids is 1. The summed E-state index contributed by atoms with van der Waals surface area (Å²) in [5, 5.41) is 4.63. The van der Waals surface area contributed by atoms with E-state index in [4.69, 9.17) is 4.74 Å². The van der Waals surface area contributed by atoms with E-state index in [1.807, 2.05) is 56.3 Å². The quantitative estimate of drug-likeness (QED) is 0.350. The molecule has 4 nitrogen and oxygen atoms in total. The fourth-order valence-electron chi connectivity index (χ4n) is 3.41. The molecule has 0 aliphatic heterocycles. The van der Waals surface area contributed by atoms with E-state index in [2.05, 4.69) is 25.0 Å². The summed E-state index contributed by atoms with van der Waals surface area (Å²) in [5.41, 5.74) is 5.89. The molecule has 1 aromatic heterocycles. The van der Waals surface area contributed by atoms with Crippen molar-refractivity contribution in [2.24, 2.45) is 0 Å². The van der Waals surface area contributed by atoms with Gasteiger partial charge in [-0.3, -0.25) is 0 Å². The number of hydrogen-bond acceptors (Lipinski definition) is 3. The largest absolute Gasteiger partial charge is 0.404 e. The molecule has 29 heavy (non-hydrogen) atoms. The maximum Gasteiger partial charge on any atom is 0.344 e. The second-order valence-corrected chi connectivity index (χ2v) is 7.57. The molecule has 0 amide bonds. The van der Waals surface area contributed by atoms with E-state index in [-0.39, 0.29) is 5.97 Å². The minimum Gasteiger partial charge on any atom is -0.404 e. The molecule has 0 radical (unpaired) electrons.